The molecule has 0 unspecified atom stereocenters. The molecular weight excluding hydrogens is 406 g/mol. The Labute approximate surface area is 184 Å². The van der Waals surface area contributed by atoms with Crippen molar-refractivity contribution in [1.82, 2.24) is 29.7 Å². The largest absolute Gasteiger partial charge is 0.491 e. The van der Waals surface area contributed by atoms with E-state index >= 15 is 0 Å². The van der Waals surface area contributed by atoms with Crippen molar-refractivity contribution in [2.24, 2.45) is 0 Å². The zero-order chi connectivity index (χ0) is 21.5. The van der Waals surface area contributed by atoms with Crippen LogP contribution in [0, 0.1) is 0 Å². The minimum absolute atomic E-state index is 0.252. The van der Waals surface area contributed by atoms with E-state index in [1.165, 1.54) is 5.56 Å². The van der Waals surface area contributed by atoms with Crippen LogP contribution in [0.25, 0.3) is 22.3 Å². The summed E-state index contributed by atoms with van der Waals surface area (Å²) in [5.74, 6) is 1.97. The van der Waals surface area contributed by atoms with Gasteiger partial charge in [0.25, 0.3) is 0 Å². The number of aromatic nitrogens is 6. The first kappa shape index (κ1) is 19.1. The molecule has 6 rings (SSSR count). The van der Waals surface area contributed by atoms with Crippen molar-refractivity contribution in [3.05, 3.63) is 54.4 Å². The Morgan fingerprint density at radius 1 is 1.16 bits per heavy atom. The van der Waals surface area contributed by atoms with Crippen LogP contribution in [-0.2, 0) is 11.2 Å². The first-order valence-electron chi connectivity index (χ1n) is 10.8. The molecule has 32 heavy (non-hydrogen) atoms. The van der Waals surface area contributed by atoms with Crippen LogP contribution in [0.4, 0.5) is 5.82 Å². The van der Waals surface area contributed by atoms with Gasteiger partial charge in [-0.25, -0.2) is 19.6 Å². The fraction of sp³-hybridized carbons (Fsp3) is 0.348. The topological polar surface area (TPSA) is 99.9 Å². The van der Waals surface area contributed by atoms with Crippen molar-refractivity contribution in [2.45, 2.75) is 25.3 Å². The molecule has 9 nitrogen and oxygen atoms in total. The summed E-state index contributed by atoms with van der Waals surface area (Å²) in [7, 11) is 0. The standard InChI is InChI=1S/C23H23N7O2/c1-14(18-2-4-24-19-3-5-32-22(18)19)8-25-21-7-20(27-13-28-21)15-6-16-10-29-30(17-11-31-12-17)23(16)26-9-15/h2,4,6-7,9-10,13-14,17H,3,5,8,11-12H2,1H3,(H,25,27,28)/t14-/m1/s1. The maximum Gasteiger partial charge on any atom is 0.158 e. The minimum atomic E-state index is 0.252. The highest BCUT2D eigenvalue weighted by molar-refractivity contribution is 5.80. The molecule has 4 aromatic rings. The molecule has 1 atom stereocenters. The molecule has 1 fully saturated rings. The highest BCUT2D eigenvalue weighted by Crippen LogP contribution is 2.33. The quantitative estimate of drug-likeness (QED) is 0.499. The SMILES string of the molecule is C[C@H](CNc1cc(-c2cnc3c(cnn3C3COC3)c2)ncn1)c1ccnc2c1OCC2. The Hall–Kier alpha value is -3.59. The molecule has 0 aromatic carbocycles. The third kappa shape index (κ3) is 3.34. The maximum atomic E-state index is 5.81. The number of fused-ring (bicyclic) bond motifs is 2. The van der Waals surface area contributed by atoms with Gasteiger partial charge >= 0.3 is 0 Å². The first-order valence-corrected chi connectivity index (χ1v) is 10.8. The second kappa shape index (κ2) is 7.83. The average Bonchev–Trinajstić information content (AvgIpc) is 3.43. The summed E-state index contributed by atoms with van der Waals surface area (Å²) in [5, 5.41) is 8.91. The van der Waals surface area contributed by atoms with E-state index in [1.807, 2.05) is 35.4 Å². The van der Waals surface area contributed by atoms with Gasteiger partial charge in [-0.2, -0.15) is 5.10 Å². The Bertz CT molecular complexity index is 1280. The number of hydrogen-bond acceptors (Lipinski definition) is 8. The lowest BCUT2D eigenvalue weighted by Crippen LogP contribution is -2.31. The van der Waals surface area contributed by atoms with Crippen LogP contribution >= 0.6 is 0 Å². The predicted octanol–water partition coefficient (Wildman–Crippen LogP) is 3.01. The van der Waals surface area contributed by atoms with E-state index in [0.29, 0.717) is 19.8 Å². The normalized spacial score (nSPS) is 16.4. The monoisotopic (exact) mass is 429 g/mol. The predicted molar refractivity (Wildman–Crippen MR) is 119 cm³/mol. The lowest BCUT2D eigenvalue weighted by Gasteiger charge is -2.26. The number of hydrogen-bond donors (Lipinski definition) is 1. The summed E-state index contributed by atoms with van der Waals surface area (Å²) in [6.07, 6.45) is 8.01. The van der Waals surface area contributed by atoms with Crippen LogP contribution in [0.5, 0.6) is 5.75 Å². The van der Waals surface area contributed by atoms with Crippen LogP contribution in [0.1, 0.15) is 30.1 Å². The van der Waals surface area contributed by atoms with Gasteiger partial charge in [0, 0.05) is 53.9 Å². The molecule has 0 spiro atoms. The van der Waals surface area contributed by atoms with E-state index in [9.17, 15) is 0 Å². The van der Waals surface area contributed by atoms with Gasteiger partial charge < -0.3 is 14.8 Å². The molecule has 0 amide bonds. The molecule has 2 aliphatic rings. The third-order valence-electron chi connectivity index (χ3n) is 6.08. The number of rotatable bonds is 6. The van der Waals surface area contributed by atoms with Crippen LogP contribution < -0.4 is 10.1 Å². The summed E-state index contributed by atoms with van der Waals surface area (Å²) < 4.78 is 13.0. The van der Waals surface area contributed by atoms with E-state index in [1.54, 1.807) is 6.33 Å². The lowest BCUT2D eigenvalue weighted by atomic mass is 10.00. The molecule has 4 aromatic heterocycles. The molecule has 2 aliphatic heterocycles. The molecular formula is C23H23N7O2. The molecule has 0 aliphatic carbocycles. The van der Waals surface area contributed by atoms with Crippen LogP contribution in [0.2, 0.25) is 0 Å². The summed E-state index contributed by atoms with van der Waals surface area (Å²) >= 11 is 0. The summed E-state index contributed by atoms with van der Waals surface area (Å²) in [4.78, 5) is 17.9. The summed E-state index contributed by atoms with van der Waals surface area (Å²) in [5.41, 5.74) is 4.85. The number of pyridine rings is 2. The van der Waals surface area contributed by atoms with Gasteiger partial charge in [-0.3, -0.25) is 4.98 Å². The van der Waals surface area contributed by atoms with E-state index in [-0.39, 0.29) is 12.0 Å². The van der Waals surface area contributed by atoms with Crippen molar-refractivity contribution in [2.75, 3.05) is 31.7 Å². The van der Waals surface area contributed by atoms with Crippen molar-refractivity contribution in [3.8, 4) is 17.0 Å². The Kier molecular flexibility index (Phi) is 4.68. The molecule has 1 N–H and O–H groups in total. The third-order valence-corrected chi connectivity index (χ3v) is 6.08. The lowest BCUT2D eigenvalue weighted by molar-refractivity contribution is -0.0269. The molecule has 0 saturated carbocycles. The smallest absolute Gasteiger partial charge is 0.158 e. The van der Waals surface area contributed by atoms with Crippen LogP contribution in [0.3, 0.4) is 0 Å². The molecule has 9 heteroatoms. The Morgan fingerprint density at radius 3 is 2.97 bits per heavy atom. The van der Waals surface area contributed by atoms with Crippen molar-refractivity contribution in [3.63, 3.8) is 0 Å². The van der Waals surface area contributed by atoms with Gasteiger partial charge in [-0.1, -0.05) is 6.92 Å². The van der Waals surface area contributed by atoms with Gasteiger partial charge in [0.05, 0.1) is 37.4 Å². The average molecular weight is 429 g/mol. The van der Waals surface area contributed by atoms with Gasteiger partial charge in [-0.05, 0) is 12.1 Å². The maximum absolute atomic E-state index is 5.81. The van der Waals surface area contributed by atoms with Crippen molar-refractivity contribution >= 4 is 16.9 Å². The van der Waals surface area contributed by atoms with Gasteiger partial charge in [0.15, 0.2) is 5.65 Å². The van der Waals surface area contributed by atoms with Crippen LogP contribution in [0.15, 0.2) is 43.1 Å². The fourth-order valence-corrected chi connectivity index (χ4v) is 4.18. The minimum Gasteiger partial charge on any atom is -0.491 e. The number of ether oxygens (including phenoxy) is 2. The van der Waals surface area contributed by atoms with Gasteiger partial charge in [-0.15, -0.1) is 0 Å². The van der Waals surface area contributed by atoms with E-state index < -0.39 is 0 Å². The second-order valence-corrected chi connectivity index (χ2v) is 8.26. The van der Waals surface area contributed by atoms with Crippen LogP contribution in [-0.4, -0.2) is 56.1 Å². The molecule has 0 bridgehead atoms. The zero-order valence-corrected chi connectivity index (χ0v) is 17.7. The number of anilines is 1. The Morgan fingerprint density at radius 2 is 2.09 bits per heavy atom. The van der Waals surface area contributed by atoms with Crippen molar-refractivity contribution in [1.29, 1.82) is 0 Å². The fourth-order valence-electron chi connectivity index (χ4n) is 4.18. The summed E-state index contributed by atoms with van der Waals surface area (Å²) in [6.45, 7) is 4.99. The number of nitrogens with zero attached hydrogens (tertiary/aromatic N) is 6. The van der Waals surface area contributed by atoms with Crippen molar-refractivity contribution < 1.29 is 9.47 Å². The molecule has 162 valence electrons. The molecule has 6 heterocycles. The molecule has 1 saturated heterocycles. The Balaban J connectivity index is 1.20. The number of nitrogens with one attached hydrogen (secondary N) is 1. The molecule has 0 radical (unpaired) electrons. The summed E-state index contributed by atoms with van der Waals surface area (Å²) in [6, 6.07) is 6.33. The van der Waals surface area contributed by atoms with E-state index in [4.69, 9.17) is 9.47 Å². The highest BCUT2D eigenvalue weighted by atomic mass is 16.5. The zero-order valence-electron chi connectivity index (χ0n) is 17.7. The van der Waals surface area contributed by atoms with Gasteiger partial charge in [0.2, 0.25) is 0 Å². The highest BCUT2D eigenvalue weighted by Gasteiger charge is 2.24. The second-order valence-electron chi connectivity index (χ2n) is 8.26. The van der Waals surface area contributed by atoms with Gasteiger partial charge in [0.1, 0.15) is 23.9 Å². The van der Waals surface area contributed by atoms with E-state index in [2.05, 4.69) is 43.3 Å². The first-order chi connectivity index (χ1) is 15.8. The van der Waals surface area contributed by atoms with E-state index in [0.717, 1.165) is 52.5 Å².